The molecule has 3 rings (SSSR count). The van der Waals surface area contributed by atoms with Crippen LogP contribution in [0.2, 0.25) is 0 Å². The molecular formula is C15H17FN2O. The number of rotatable bonds is 3. The summed E-state index contributed by atoms with van der Waals surface area (Å²) in [4.78, 5) is 0. The van der Waals surface area contributed by atoms with Crippen molar-refractivity contribution in [3.05, 3.63) is 35.3 Å². The lowest BCUT2D eigenvalue weighted by Crippen LogP contribution is -1.97. The van der Waals surface area contributed by atoms with Crippen LogP contribution in [0, 0.1) is 12.7 Å². The molecule has 1 aliphatic rings. The zero-order valence-electron chi connectivity index (χ0n) is 11.4. The Hall–Kier alpha value is -1.84. The van der Waals surface area contributed by atoms with Gasteiger partial charge in [0, 0.05) is 13.0 Å². The summed E-state index contributed by atoms with van der Waals surface area (Å²) in [6.07, 6.45) is 2.38. The molecule has 1 aromatic heterocycles. The SMILES string of the molecule is COc1nn(C)c(C2CC2)c1-c1ccc(F)c(C)c1. The number of hydrogen-bond acceptors (Lipinski definition) is 2. The van der Waals surface area contributed by atoms with E-state index in [1.165, 1.54) is 24.6 Å². The summed E-state index contributed by atoms with van der Waals surface area (Å²) in [6.45, 7) is 1.78. The van der Waals surface area contributed by atoms with E-state index >= 15 is 0 Å². The maximum absolute atomic E-state index is 13.4. The molecule has 0 amide bonds. The zero-order chi connectivity index (χ0) is 13.6. The van der Waals surface area contributed by atoms with Gasteiger partial charge in [-0.05, 0) is 43.0 Å². The first-order valence-corrected chi connectivity index (χ1v) is 6.49. The molecule has 100 valence electrons. The molecule has 4 heteroatoms. The van der Waals surface area contributed by atoms with Crippen LogP contribution in [0.25, 0.3) is 11.1 Å². The largest absolute Gasteiger partial charge is 0.479 e. The van der Waals surface area contributed by atoms with Crippen molar-refractivity contribution in [3.8, 4) is 17.0 Å². The van der Waals surface area contributed by atoms with Crippen LogP contribution in [0.5, 0.6) is 5.88 Å². The van der Waals surface area contributed by atoms with Gasteiger partial charge < -0.3 is 4.74 Å². The Morgan fingerprint density at radius 3 is 2.68 bits per heavy atom. The first-order chi connectivity index (χ1) is 9.11. The van der Waals surface area contributed by atoms with Crippen LogP contribution in [0.15, 0.2) is 18.2 Å². The normalized spacial score (nSPS) is 14.7. The first-order valence-electron chi connectivity index (χ1n) is 6.49. The zero-order valence-corrected chi connectivity index (χ0v) is 11.4. The Labute approximate surface area is 112 Å². The number of hydrogen-bond donors (Lipinski definition) is 0. The minimum atomic E-state index is -0.181. The smallest absolute Gasteiger partial charge is 0.240 e. The summed E-state index contributed by atoms with van der Waals surface area (Å²) in [7, 11) is 3.56. The van der Waals surface area contributed by atoms with Gasteiger partial charge in [-0.3, -0.25) is 4.68 Å². The molecule has 1 fully saturated rings. The Bertz CT molecular complexity index is 629. The molecule has 1 heterocycles. The molecule has 0 atom stereocenters. The van der Waals surface area contributed by atoms with Crippen molar-refractivity contribution < 1.29 is 9.13 Å². The quantitative estimate of drug-likeness (QED) is 0.845. The molecule has 0 bridgehead atoms. The molecule has 2 aromatic rings. The minimum Gasteiger partial charge on any atom is -0.479 e. The second-order valence-electron chi connectivity index (χ2n) is 5.13. The van der Waals surface area contributed by atoms with Crippen molar-refractivity contribution in [2.45, 2.75) is 25.7 Å². The van der Waals surface area contributed by atoms with Gasteiger partial charge >= 0.3 is 0 Å². The van der Waals surface area contributed by atoms with Gasteiger partial charge in [0.25, 0.3) is 0 Å². The van der Waals surface area contributed by atoms with E-state index in [0.717, 1.165) is 11.1 Å². The second-order valence-corrected chi connectivity index (χ2v) is 5.13. The average molecular weight is 260 g/mol. The third-order valence-corrected chi connectivity index (χ3v) is 3.66. The van der Waals surface area contributed by atoms with Gasteiger partial charge in [-0.25, -0.2) is 4.39 Å². The Kier molecular flexibility index (Phi) is 2.81. The summed E-state index contributed by atoms with van der Waals surface area (Å²) >= 11 is 0. The topological polar surface area (TPSA) is 27.1 Å². The minimum absolute atomic E-state index is 0.181. The number of nitrogens with zero attached hydrogens (tertiary/aromatic N) is 2. The van der Waals surface area contributed by atoms with E-state index in [1.807, 2.05) is 17.8 Å². The third-order valence-electron chi connectivity index (χ3n) is 3.66. The fraction of sp³-hybridized carbons (Fsp3) is 0.400. The Balaban J connectivity index is 2.19. The molecule has 1 aliphatic carbocycles. The maximum Gasteiger partial charge on any atom is 0.240 e. The van der Waals surface area contributed by atoms with Gasteiger partial charge in [-0.15, -0.1) is 5.10 Å². The molecule has 1 saturated carbocycles. The number of halogens is 1. The van der Waals surface area contributed by atoms with Crippen LogP contribution < -0.4 is 4.74 Å². The Morgan fingerprint density at radius 2 is 2.11 bits per heavy atom. The standard InChI is InChI=1S/C15H17FN2O/c1-9-8-11(6-7-12(9)16)13-14(10-4-5-10)18(2)17-15(13)19-3/h6-8,10H,4-5H2,1-3H3. The number of benzene rings is 1. The van der Waals surface area contributed by atoms with E-state index in [1.54, 1.807) is 20.1 Å². The summed E-state index contributed by atoms with van der Waals surface area (Å²) in [6, 6.07) is 5.17. The number of aromatic nitrogens is 2. The predicted molar refractivity (Wildman–Crippen MR) is 71.9 cm³/mol. The monoisotopic (exact) mass is 260 g/mol. The van der Waals surface area contributed by atoms with E-state index in [4.69, 9.17) is 4.74 Å². The highest BCUT2D eigenvalue weighted by Crippen LogP contribution is 2.47. The lowest BCUT2D eigenvalue weighted by molar-refractivity contribution is 0.393. The average Bonchev–Trinajstić information content (AvgIpc) is 3.16. The molecule has 0 radical (unpaired) electrons. The van der Waals surface area contributed by atoms with E-state index in [-0.39, 0.29) is 5.82 Å². The van der Waals surface area contributed by atoms with Crippen LogP contribution in [0.1, 0.15) is 30.0 Å². The molecule has 0 N–H and O–H groups in total. The third kappa shape index (κ3) is 2.01. The summed E-state index contributed by atoms with van der Waals surface area (Å²) in [5, 5.41) is 4.42. The molecule has 0 aliphatic heterocycles. The summed E-state index contributed by atoms with van der Waals surface area (Å²) in [5.41, 5.74) is 3.83. The first kappa shape index (κ1) is 12.2. The number of ether oxygens (including phenoxy) is 1. The van der Waals surface area contributed by atoms with Crippen molar-refractivity contribution >= 4 is 0 Å². The second kappa shape index (κ2) is 4.37. The molecular weight excluding hydrogens is 243 g/mol. The van der Waals surface area contributed by atoms with Gasteiger partial charge in [-0.1, -0.05) is 6.07 Å². The van der Waals surface area contributed by atoms with Crippen LogP contribution >= 0.6 is 0 Å². The van der Waals surface area contributed by atoms with Crippen molar-refractivity contribution in [1.82, 2.24) is 9.78 Å². The fourth-order valence-corrected chi connectivity index (χ4v) is 2.55. The molecule has 0 saturated heterocycles. The van der Waals surface area contributed by atoms with E-state index in [2.05, 4.69) is 5.10 Å². The van der Waals surface area contributed by atoms with Gasteiger partial charge in [0.1, 0.15) is 5.82 Å². The van der Waals surface area contributed by atoms with E-state index in [9.17, 15) is 4.39 Å². The molecule has 0 unspecified atom stereocenters. The number of aryl methyl sites for hydroxylation is 2. The van der Waals surface area contributed by atoms with Crippen molar-refractivity contribution in [1.29, 1.82) is 0 Å². The predicted octanol–water partition coefficient (Wildman–Crippen LogP) is 3.42. The highest BCUT2D eigenvalue weighted by Gasteiger charge is 2.32. The Morgan fingerprint density at radius 1 is 1.37 bits per heavy atom. The van der Waals surface area contributed by atoms with E-state index < -0.39 is 0 Å². The van der Waals surface area contributed by atoms with Crippen molar-refractivity contribution in [2.24, 2.45) is 7.05 Å². The fourth-order valence-electron chi connectivity index (χ4n) is 2.55. The molecule has 3 nitrogen and oxygen atoms in total. The van der Waals surface area contributed by atoms with Gasteiger partial charge in [0.2, 0.25) is 5.88 Å². The lowest BCUT2D eigenvalue weighted by Gasteiger charge is -2.07. The maximum atomic E-state index is 13.4. The van der Waals surface area contributed by atoms with Gasteiger partial charge in [0.15, 0.2) is 0 Å². The van der Waals surface area contributed by atoms with Crippen molar-refractivity contribution in [2.75, 3.05) is 7.11 Å². The number of methoxy groups -OCH3 is 1. The van der Waals surface area contributed by atoms with Gasteiger partial charge in [0.05, 0.1) is 18.4 Å². The highest BCUT2D eigenvalue weighted by atomic mass is 19.1. The highest BCUT2D eigenvalue weighted by molar-refractivity contribution is 5.73. The summed E-state index contributed by atoms with van der Waals surface area (Å²) in [5.74, 6) is 0.997. The van der Waals surface area contributed by atoms with Crippen LogP contribution in [0.4, 0.5) is 4.39 Å². The molecule has 19 heavy (non-hydrogen) atoms. The molecule has 1 aromatic carbocycles. The van der Waals surface area contributed by atoms with E-state index in [0.29, 0.717) is 17.4 Å². The van der Waals surface area contributed by atoms with Crippen LogP contribution in [0.3, 0.4) is 0 Å². The van der Waals surface area contributed by atoms with Crippen LogP contribution in [-0.4, -0.2) is 16.9 Å². The van der Waals surface area contributed by atoms with Gasteiger partial charge in [-0.2, -0.15) is 0 Å². The lowest BCUT2D eigenvalue weighted by atomic mass is 10.0. The molecule has 0 spiro atoms. The van der Waals surface area contributed by atoms with Crippen molar-refractivity contribution in [3.63, 3.8) is 0 Å². The van der Waals surface area contributed by atoms with Crippen LogP contribution in [-0.2, 0) is 7.05 Å². The summed E-state index contributed by atoms with van der Waals surface area (Å²) < 4.78 is 20.7.